The molecule has 76 heavy (non-hydrogen) atoms. The molecule has 0 heterocycles. The predicted molar refractivity (Wildman–Crippen MR) is 330 cm³/mol. The van der Waals surface area contributed by atoms with E-state index in [9.17, 15) is 14.4 Å². The van der Waals surface area contributed by atoms with E-state index in [1.165, 1.54) is 270 Å². The summed E-state index contributed by atoms with van der Waals surface area (Å²) in [6.45, 7) is 6.66. The van der Waals surface area contributed by atoms with E-state index in [0.717, 1.165) is 77.0 Å². The minimum absolute atomic E-state index is 0.0696. The molecule has 0 rings (SSSR count). The maximum absolute atomic E-state index is 12.9. The summed E-state index contributed by atoms with van der Waals surface area (Å²) in [6.07, 6.45) is 79.3. The molecule has 1 unspecified atom stereocenters. The zero-order valence-electron chi connectivity index (χ0n) is 51.6. The van der Waals surface area contributed by atoms with Gasteiger partial charge in [-0.25, -0.2) is 0 Å². The standard InChI is InChI=1S/C70H132O6/c1-4-7-10-13-16-19-22-25-28-29-30-31-32-33-34-35-36-37-38-39-40-41-43-45-48-51-54-57-60-63-69(72)75-66-67(65-74-68(71)62-59-56-53-50-47-44-27-24-21-18-15-12-9-6-3)76-70(73)64-61-58-55-52-49-46-42-26-23-20-17-14-11-8-5-2/h15,18,24,27,67H,4-14,16-17,19-23,25-26,28-66H2,1-3H3/b18-15-,27-24-. The number of allylic oxidation sites excluding steroid dienone is 4. The van der Waals surface area contributed by atoms with Crippen LogP contribution in [0.15, 0.2) is 24.3 Å². The molecule has 0 radical (unpaired) electrons. The van der Waals surface area contributed by atoms with Gasteiger partial charge in [0.25, 0.3) is 0 Å². The van der Waals surface area contributed by atoms with Gasteiger partial charge in [-0.2, -0.15) is 0 Å². The van der Waals surface area contributed by atoms with Crippen LogP contribution in [-0.2, 0) is 28.6 Å². The van der Waals surface area contributed by atoms with Crippen LogP contribution in [0.3, 0.4) is 0 Å². The molecule has 0 saturated carbocycles. The molecule has 448 valence electrons. The van der Waals surface area contributed by atoms with E-state index in [0.29, 0.717) is 19.3 Å². The Morgan fingerprint density at radius 3 is 0.763 bits per heavy atom. The third kappa shape index (κ3) is 62.7. The molecule has 0 aliphatic rings. The summed E-state index contributed by atoms with van der Waals surface area (Å²) in [5.74, 6) is -0.855. The van der Waals surface area contributed by atoms with Gasteiger partial charge in [-0.3, -0.25) is 14.4 Å². The highest BCUT2D eigenvalue weighted by molar-refractivity contribution is 5.71. The molecule has 0 aliphatic carbocycles. The molecular weight excluding hydrogens is 937 g/mol. The molecule has 0 aliphatic heterocycles. The number of unbranched alkanes of at least 4 members (excludes halogenated alkanes) is 49. The number of ether oxygens (including phenoxy) is 3. The van der Waals surface area contributed by atoms with E-state index in [1.807, 2.05) is 0 Å². The quantitative estimate of drug-likeness (QED) is 0.0261. The first kappa shape index (κ1) is 73.9. The molecule has 0 aromatic heterocycles. The van der Waals surface area contributed by atoms with Crippen LogP contribution < -0.4 is 0 Å². The predicted octanol–water partition coefficient (Wildman–Crippen LogP) is 23.4. The van der Waals surface area contributed by atoms with E-state index >= 15 is 0 Å². The van der Waals surface area contributed by atoms with Crippen molar-refractivity contribution in [3.63, 3.8) is 0 Å². The summed E-state index contributed by atoms with van der Waals surface area (Å²) in [6, 6.07) is 0. The van der Waals surface area contributed by atoms with Crippen LogP contribution in [-0.4, -0.2) is 37.2 Å². The van der Waals surface area contributed by atoms with Gasteiger partial charge in [0, 0.05) is 19.3 Å². The number of carbonyl (C=O) groups excluding carboxylic acids is 3. The highest BCUT2D eigenvalue weighted by atomic mass is 16.6. The normalized spacial score (nSPS) is 12.1. The van der Waals surface area contributed by atoms with Crippen molar-refractivity contribution in [2.24, 2.45) is 0 Å². The number of carbonyl (C=O) groups is 3. The molecule has 0 fully saturated rings. The van der Waals surface area contributed by atoms with Gasteiger partial charge in [0.05, 0.1) is 0 Å². The van der Waals surface area contributed by atoms with Crippen LogP contribution in [0.5, 0.6) is 0 Å². The average Bonchev–Trinajstić information content (AvgIpc) is 3.42. The SMILES string of the molecule is CCCC/C=C\C/C=C\CCCCCCCC(=O)OCC(COC(=O)CCCCCCCCCCCCCCCCCCCCCCCCCCCCCCC)OC(=O)CCCCCCCCCCCCCCCCC. The number of esters is 3. The second-order valence-corrected chi connectivity index (χ2v) is 23.5. The van der Waals surface area contributed by atoms with Gasteiger partial charge >= 0.3 is 17.9 Å². The van der Waals surface area contributed by atoms with Gasteiger partial charge in [0.2, 0.25) is 0 Å². The average molecular weight is 1070 g/mol. The lowest BCUT2D eigenvalue weighted by Crippen LogP contribution is -2.30. The summed E-state index contributed by atoms with van der Waals surface area (Å²) in [5, 5.41) is 0. The van der Waals surface area contributed by atoms with Gasteiger partial charge in [0.1, 0.15) is 13.2 Å². The van der Waals surface area contributed by atoms with Crippen LogP contribution in [0.4, 0.5) is 0 Å². The van der Waals surface area contributed by atoms with Gasteiger partial charge < -0.3 is 14.2 Å². The van der Waals surface area contributed by atoms with Crippen LogP contribution in [0, 0.1) is 0 Å². The van der Waals surface area contributed by atoms with Crippen molar-refractivity contribution in [2.45, 2.75) is 393 Å². The fourth-order valence-corrected chi connectivity index (χ4v) is 10.5. The van der Waals surface area contributed by atoms with Crippen molar-refractivity contribution in [1.82, 2.24) is 0 Å². The second kappa shape index (κ2) is 65.4. The summed E-state index contributed by atoms with van der Waals surface area (Å²) in [4.78, 5) is 38.3. The molecule has 0 N–H and O–H groups in total. The van der Waals surface area contributed by atoms with Crippen molar-refractivity contribution in [3.05, 3.63) is 24.3 Å². The highest BCUT2D eigenvalue weighted by Gasteiger charge is 2.19. The van der Waals surface area contributed by atoms with E-state index < -0.39 is 6.10 Å². The summed E-state index contributed by atoms with van der Waals surface area (Å²) in [5.41, 5.74) is 0. The molecule has 0 aromatic carbocycles. The Bertz CT molecular complexity index is 1230. The largest absolute Gasteiger partial charge is 0.462 e. The van der Waals surface area contributed by atoms with Crippen molar-refractivity contribution in [3.8, 4) is 0 Å². The van der Waals surface area contributed by atoms with Gasteiger partial charge in [-0.1, -0.05) is 347 Å². The zero-order valence-corrected chi connectivity index (χ0v) is 51.6. The van der Waals surface area contributed by atoms with E-state index in [1.54, 1.807) is 0 Å². The monoisotopic (exact) mass is 1070 g/mol. The first-order chi connectivity index (χ1) is 37.5. The van der Waals surface area contributed by atoms with Crippen molar-refractivity contribution in [2.75, 3.05) is 13.2 Å². The van der Waals surface area contributed by atoms with Crippen molar-refractivity contribution >= 4 is 17.9 Å². The fourth-order valence-electron chi connectivity index (χ4n) is 10.5. The Balaban J connectivity index is 4.14. The van der Waals surface area contributed by atoms with Crippen molar-refractivity contribution < 1.29 is 28.6 Å². The number of hydrogen-bond donors (Lipinski definition) is 0. The van der Waals surface area contributed by atoms with Crippen molar-refractivity contribution in [1.29, 1.82) is 0 Å². The summed E-state index contributed by atoms with van der Waals surface area (Å²) >= 11 is 0. The van der Waals surface area contributed by atoms with Gasteiger partial charge in [-0.05, 0) is 44.9 Å². The Morgan fingerprint density at radius 1 is 0.263 bits per heavy atom. The smallest absolute Gasteiger partial charge is 0.306 e. The molecule has 1 atom stereocenters. The summed E-state index contributed by atoms with van der Waals surface area (Å²) in [7, 11) is 0. The lowest BCUT2D eigenvalue weighted by Gasteiger charge is -2.18. The zero-order chi connectivity index (χ0) is 55.0. The molecule has 0 saturated heterocycles. The molecular formula is C70H132O6. The Kier molecular flexibility index (Phi) is 63.6. The van der Waals surface area contributed by atoms with E-state index in [4.69, 9.17) is 14.2 Å². The molecule has 0 spiro atoms. The highest BCUT2D eigenvalue weighted by Crippen LogP contribution is 2.19. The molecule has 0 amide bonds. The van der Waals surface area contributed by atoms with Gasteiger partial charge in [-0.15, -0.1) is 0 Å². The third-order valence-corrected chi connectivity index (χ3v) is 15.7. The Morgan fingerprint density at radius 2 is 0.487 bits per heavy atom. The maximum atomic E-state index is 12.9. The Hall–Kier alpha value is -2.11. The Labute approximate surface area is 474 Å². The lowest BCUT2D eigenvalue weighted by atomic mass is 10.0. The number of rotatable bonds is 64. The summed E-state index contributed by atoms with van der Waals surface area (Å²) < 4.78 is 16.9. The molecule has 6 heteroatoms. The molecule has 0 bridgehead atoms. The third-order valence-electron chi connectivity index (χ3n) is 15.7. The number of hydrogen-bond acceptors (Lipinski definition) is 6. The van der Waals surface area contributed by atoms with E-state index in [-0.39, 0.29) is 31.1 Å². The molecule has 6 nitrogen and oxygen atoms in total. The van der Waals surface area contributed by atoms with Gasteiger partial charge in [0.15, 0.2) is 6.10 Å². The van der Waals surface area contributed by atoms with Crippen LogP contribution in [0.2, 0.25) is 0 Å². The lowest BCUT2D eigenvalue weighted by molar-refractivity contribution is -0.167. The first-order valence-corrected chi connectivity index (χ1v) is 34.3. The second-order valence-electron chi connectivity index (χ2n) is 23.5. The molecule has 0 aromatic rings. The minimum Gasteiger partial charge on any atom is -0.462 e. The van der Waals surface area contributed by atoms with Crippen LogP contribution in [0.1, 0.15) is 387 Å². The van der Waals surface area contributed by atoms with E-state index in [2.05, 4.69) is 45.1 Å². The van der Waals surface area contributed by atoms with Crippen LogP contribution >= 0.6 is 0 Å². The fraction of sp³-hybridized carbons (Fsp3) is 0.900. The van der Waals surface area contributed by atoms with Crippen LogP contribution in [0.25, 0.3) is 0 Å². The topological polar surface area (TPSA) is 78.9 Å². The minimum atomic E-state index is -0.773. The maximum Gasteiger partial charge on any atom is 0.306 e. The first-order valence-electron chi connectivity index (χ1n) is 34.3.